The standard InChI is InChI=1S/C10H17N/c1-8(7-9(2)11-3)10-5-4-6-10/h7,10H,4-6H2,1-3H3/b8-7+,11-9?. The van der Waals surface area contributed by atoms with E-state index < -0.39 is 0 Å². The monoisotopic (exact) mass is 151 g/mol. The Hall–Kier alpha value is -0.590. The third kappa shape index (κ3) is 2.18. The summed E-state index contributed by atoms with van der Waals surface area (Å²) in [6.45, 7) is 4.28. The van der Waals surface area contributed by atoms with E-state index in [2.05, 4.69) is 24.9 Å². The van der Waals surface area contributed by atoms with E-state index in [1.54, 1.807) is 0 Å². The smallest absolute Gasteiger partial charge is 0.0313 e. The first-order valence-electron chi connectivity index (χ1n) is 4.35. The van der Waals surface area contributed by atoms with Crippen LogP contribution in [0.5, 0.6) is 0 Å². The van der Waals surface area contributed by atoms with Gasteiger partial charge in [0.15, 0.2) is 0 Å². The van der Waals surface area contributed by atoms with Crippen LogP contribution < -0.4 is 0 Å². The van der Waals surface area contributed by atoms with Crippen LogP contribution in [0.1, 0.15) is 33.1 Å². The predicted octanol–water partition coefficient (Wildman–Crippen LogP) is 2.82. The summed E-state index contributed by atoms with van der Waals surface area (Å²) in [7, 11) is 1.85. The summed E-state index contributed by atoms with van der Waals surface area (Å²) in [5.74, 6) is 0.867. The van der Waals surface area contributed by atoms with E-state index in [-0.39, 0.29) is 0 Å². The molecule has 1 saturated carbocycles. The number of allylic oxidation sites excluding steroid dienone is 2. The molecule has 0 saturated heterocycles. The van der Waals surface area contributed by atoms with Gasteiger partial charge in [-0.2, -0.15) is 0 Å². The van der Waals surface area contributed by atoms with E-state index in [0.717, 1.165) is 11.6 Å². The molecule has 0 N–H and O–H groups in total. The molecule has 0 amide bonds. The maximum atomic E-state index is 4.11. The summed E-state index contributed by atoms with van der Waals surface area (Å²) in [5, 5.41) is 0. The molecule has 1 rings (SSSR count). The molecule has 0 aliphatic heterocycles. The lowest BCUT2D eigenvalue weighted by Crippen LogP contribution is -2.12. The Bertz CT molecular complexity index is 185. The quantitative estimate of drug-likeness (QED) is 0.538. The lowest BCUT2D eigenvalue weighted by Gasteiger charge is -2.26. The van der Waals surface area contributed by atoms with E-state index in [1.807, 2.05) is 7.05 Å². The lowest BCUT2D eigenvalue weighted by molar-refractivity contribution is 0.368. The number of hydrogen-bond donors (Lipinski definition) is 0. The van der Waals surface area contributed by atoms with Crippen LogP contribution in [0.4, 0.5) is 0 Å². The van der Waals surface area contributed by atoms with Crippen molar-refractivity contribution in [3.05, 3.63) is 11.6 Å². The molecule has 11 heavy (non-hydrogen) atoms. The molecule has 0 aromatic heterocycles. The van der Waals surface area contributed by atoms with Crippen LogP contribution >= 0.6 is 0 Å². The summed E-state index contributed by atoms with van der Waals surface area (Å²) < 4.78 is 0. The highest BCUT2D eigenvalue weighted by Crippen LogP contribution is 2.32. The van der Waals surface area contributed by atoms with Gasteiger partial charge in [0.2, 0.25) is 0 Å². The van der Waals surface area contributed by atoms with Crippen molar-refractivity contribution in [2.75, 3.05) is 7.05 Å². The molecular weight excluding hydrogens is 134 g/mol. The molecule has 0 radical (unpaired) electrons. The van der Waals surface area contributed by atoms with Crippen LogP contribution in [0, 0.1) is 5.92 Å². The average Bonchev–Trinajstić information content (AvgIpc) is 1.83. The molecule has 1 aliphatic rings. The van der Waals surface area contributed by atoms with Crippen LogP contribution in [0.15, 0.2) is 16.6 Å². The first-order chi connectivity index (χ1) is 5.24. The Morgan fingerprint density at radius 3 is 2.36 bits per heavy atom. The zero-order valence-corrected chi connectivity index (χ0v) is 7.72. The number of rotatable bonds is 2. The normalized spacial score (nSPS) is 21.7. The van der Waals surface area contributed by atoms with Gasteiger partial charge < -0.3 is 0 Å². The van der Waals surface area contributed by atoms with Gasteiger partial charge in [0.25, 0.3) is 0 Å². The molecule has 0 unspecified atom stereocenters. The van der Waals surface area contributed by atoms with E-state index in [1.165, 1.54) is 24.8 Å². The number of aliphatic imine (C=N–C) groups is 1. The lowest BCUT2D eigenvalue weighted by atomic mass is 9.80. The Morgan fingerprint density at radius 1 is 1.36 bits per heavy atom. The SMILES string of the molecule is CN=C(C)/C=C(\C)C1CCC1. The molecule has 0 atom stereocenters. The Balaban J connectivity index is 2.50. The molecule has 0 aromatic carbocycles. The predicted molar refractivity (Wildman–Crippen MR) is 50.1 cm³/mol. The fourth-order valence-electron chi connectivity index (χ4n) is 1.38. The topological polar surface area (TPSA) is 12.4 Å². The third-order valence-corrected chi connectivity index (χ3v) is 2.54. The summed E-state index contributed by atoms with van der Waals surface area (Å²) in [4.78, 5) is 4.11. The van der Waals surface area contributed by atoms with Crippen molar-refractivity contribution in [3.63, 3.8) is 0 Å². The Kier molecular flexibility index (Phi) is 2.86. The second-order valence-corrected chi connectivity index (χ2v) is 3.38. The van der Waals surface area contributed by atoms with E-state index in [9.17, 15) is 0 Å². The molecule has 0 bridgehead atoms. The fraction of sp³-hybridized carbons (Fsp3) is 0.700. The summed E-state index contributed by atoms with van der Waals surface area (Å²) in [6.07, 6.45) is 6.40. The van der Waals surface area contributed by atoms with Gasteiger partial charge in [-0.25, -0.2) is 0 Å². The van der Waals surface area contributed by atoms with Crippen LogP contribution in [0.25, 0.3) is 0 Å². The second kappa shape index (κ2) is 3.70. The van der Waals surface area contributed by atoms with Crippen molar-refractivity contribution in [2.24, 2.45) is 10.9 Å². The summed E-state index contributed by atoms with van der Waals surface area (Å²) >= 11 is 0. The van der Waals surface area contributed by atoms with Gasteiger partial charge >= 0.3 is 0 Å². The van der Waals surface area contributed by atoms with Crippen LogP contribution in [-0.2, 0) is 0 Å². The molecule has 1 fully saturated rings. The maximum Gasteiger partial charge on any atom is 0.0313 e. The van der Waals surface area contributed by atoms with E-state index >= 15 is 0 Å². The van der Waals surface area contributed by atoms with Crippen molar-refractivity contribution in [1.82, 2.24) is 0 Å². The van der Waals surface area contributed by atoms with Crippen LogP contribution in [-0.4, -0.2) is 12.8 Å². The largest absolute Gasteiger partial charge is 0.293 e. The van der Waals surface area contributed by atoms with Gasteiger partial charge in [0.05, 0.1) is 0 Å². The highest BCUT2D eigenvalue weighted by molar-refractivity contribution is 5.93. The Labute approximate surface area is 69.2 Å². The first kappa shape index (κ1) is 8.51. The Morgan fingerprint density at radius 2 is 2.00 bits per heavy atom. The van der Waals surface area contributed by atoms with Gasteiger partial charge in [-0.05, 0) is 38.7 Å². The highest BCUT2D eigenvalue weighted by atomic mass is 14.7. The molecule has 0 spiro atoms. The maximum absolute atomic E-state index is 4.11. The van der Waals surface area contributed by atoms with Crippen molar-refractivity contribution >= 4 is 5.71 Å². The number of nitrogens with zero attached hydrogens (tertiary/aromatic N) is 1. The fourth-order valence-corrected chi connectivity index (χ4v) is 1.38. The van der Waals surface area contributed by atoms with Crippen molar-refractivity contribution in [1.29, 1.82) is 0 Å². The summed E-state index contributed by atoms with van der Waals surface area (Å²) in [6, 6.07) is 0. The zero-order valence-electron chi connectivity index (χ0n) is 7.72. The van der Waals surface area contributed by atoms with Gasteiger partial charge in [0.1, 0.15) is 0 Å². The van der Waals surface area contributed by atoms with Gasteiger partial charge in [-0.3, -0.25) is 4.99 Å². The molecular formula is C10H17N. The molecule has 0 aromatic rings. The van der Waals surface area contributed by atoms with Gasteiger partial charge in [-0.1, -0.05) is 12.0 Å². The number of hydrogen-bond acceptors (Lipinski definition) is 1. The van der Waals surface area contributed by atoms with Crippen LogP contribution in [0.2, 0.25) is 0 Å². The minimum Gasteiger partial charge on any atom is -0.293 e. The molecule has 1 nitrogen and oxygen atoms in total. The molecule has 0 heterocycles. The zero-order chi connectivity index (χ0) is 8.27. The van der Waals surface area contributed by atoms with Gasteiger partial charge in [-0.15, -0.1) is 0 Å². The minimum atomic E-state index is 0.867. The van der Waals surface area contributed by atoms with Crippen molar-refractivity contribution in [2.45, 2.75) is 33.1 Å². The second-order valence-electron chi connectivity index (χ2n) is 3.38. The van der Waals surface area contributed by atoms with Crippen LogP contribution in [0.3, 0.4) is 0 Å². The average molecular weight is 151 g/mol. The van der Waals surface area contributed by atoms with Crippen molar-refractivity contribution in [3.8, 4) is 0 Å². The highest BCUT2D eigenvalue weighted by Gasteiger charge is 2.18. The molecule has 62 valence electrons. The molecule has 1 aliphatic carbocycles. The van der Waals surface area contributed by atoms with Gasteiger partial charge in [0, 0.05) is 12.8 Å². The van der Waals surface area contributed by atoms with E-state index in [0.29, 0.717) is 0 Å². The third-order valence-electron chi connectivity index (χ3n) is 2.54. The minimum absolute atomic E-state index is 0.867. The first-order valence-corrected chi connectivity index (χ1v) is 4.35. The summed E-state index contributed by atoms with van der Waals surface area (Å²) in [5.41, 5.74) is 2.66. The molecule has 1 heteroatoms. The van der Waals surface area contributed by atoms with Crippen molar-refractivity contribution < 1.29 is 0 Å². The van der Waals surface area contributed by atoms with E-state index in [4.69, 9.17) is 0 Å².